The second-order valence-electron chi connectivity index (χ2n) is 7.13. The van der Waals surface area contributed by atoms with E-state index in [0.717, 1.165) is 11.8 Å². The van der Waals surface area contributed by atoms with Gasteiger partial charge >= 0.3 is 0 Å². The largest absolute Gasteiger partial charge is 0.304 e. The van der Waals surface area contributed by atoms with E-state index in [4.69, 9.17) is 0 Å². The highest BCUT2D eigenvalue weighted by atomic mass is 15.2. The number of aryl methyl sites for hydroxylation is 1. The standard InChI is InChI=1S/C20H34N2/c1-4-20(12-8-11-19-9-6-5-7-10-19)18(2)17-22-15-13-21(3)14-16-22/h5-7,9-10,18,20H,4,8,11-17H2,1-3H3. The lowest BCUT2D eigenvalue weighted by molar-refractivity contribution is 0.121. The normalized spacial score (nSPS) is 20.0. The fourth-order valence-electron chi connectivity index (χ4n) is 3.69. The molecule has 0 aromatic heterocycles. The smallest absolute Gasteiger partial charge is 0.0110 e. The minimum absolute atomic E-state index is 0.823. The van der Waals surface area contributed by atoms with E-state index in [1.54, 1.807) is 0 Å². The lowest BCUT2D eigenvalue weighted by atomic mass is 9.86. The van der Waals surface area contributed by atoms with E-state index < -0.39 is 0 Å². The Balaban J connectivity index is 1.70. The molecule has 1 heterocycles. The van der Waals surface area contributed by atoms with Gasteiger partial charge in [0.2, 0.25) is 0 Å². The molecule has 0 bridgehead atoms. The number of rotatable bonds is 8. The van der Waals surface area contributed by atoms with Crippen molar-refractivity contribution in [1.29, 1.82) is 0 Å². The molecule has 22 heavy (non-hydrogen) atoms. The van der Waals surface area contributed by atoms with Crippen molar-refractivity contribution in [3.63, 3.8) is 0 Å². The van der Waals surface area contributed by atoms with Gasteiger partial charge in [0.1, 0.15) is 0 Å². The van der Waals surface area contributed by atoms with Crippen molar-refractivity contribution >= 4 is 0 Å². The zero-order valence-corrected chi connectivity index (χ0v) is 14.8. The summed E-state index contributed by atoms with van der Waals surface area (Å²) in [5.74, 6) is 1.70. The van der Waals surface area contributed by atoms with Crippen LogP contribution in [0, 0.1) is 11.8 Å². The predicted molar refractivity (Wildman–Crippen MR) is 96.3 cm³/mol. The molecular formula is C20H34N2. The van der Waals surface area contributed by atoms with Gasteiger partial charge in [-0.15, -0.1) is 0 Å². The van der Waals surface area contributed by atoms with Crippen molar-refractivity contribution in [2.75, 3.05) is 39.8 Å². The summed E-state index contributed by atoms with van der Waals surface area (Å²) in [6.45, 7) is 11.1. The van der Waals surface area contributed by atoms with E-state index in [1.165, 1.54) is 64.0 Å². The zero-order valence-electron chi connectivity index (χ0n) is 14.8. The first kappa shape index (κ1) is 17.5. The van der Waals surface area contributed by atoms with Crippen LogP contribution in [0.2, 0.25) is 0 Å². The zero-order chi connectivity index (χ0) is 15.8. The van der Waals surface area contributed by atoms with Crippen LogP contribution in [-0.2, 0) is 6.42 Å². The third kappa shape index (κ3) is 5.73. The summed E-state index contributed by atoms with van der Waals surface area (Å²) in [4.78, 5) is 5.11. The Morgan fingerprint density at radius 2 is 1.73 bits per heavy atom. The maximum atomic E-state index is 2.67. The van der Waals surface area contributed by atoms with Crippen molar-refractivity contribution in [2.24, 2.45) is 11.8 Å². The SMILES string of the molecule is CCC(CCCc1ccccc1)C(C)CN1CCN(C)CC1. The van der Waals surface area contributed by atoms with Gasteiger partial charge in [-0.2, -0.15) is 0 Å². The van der Waals surface area contributed by atoms with E-state index in [1.807, 2.05) is 0 Å². The molecule has 2 unspecified atom stereocenters. The fraction of sp³-hybridized carbons (Fsp3) is 0.700. The van der Waals surface area contributed by atoms with Crippen LogP contribution < -0.4 is 0 Å². The highest BCUT2D eigenvalue weighted by Crippen LogP contribution is 2.23. The van der Waals surface area contributed by atoms with Gasteiger partial charge in [0, 0.05) is 32.7 Å². The van der Waals surface area contributed by atoms with Crippen LogP contribution in [-0.4, -0.2) is 49.6 Å². The molecule has 2 atom stereocenters. The lowest BCUT2D eigenvalue weighted by Crippen LogP contribution is -2.46. The van der Waals surface area contributed by atoms with Crippen LogP contribution in [0.1, 0.15) is 38.7 Å². The van der Waals surface area contributed by atoms with Gasteiger partial charge < -0.3 is 9.80 Å². The molecule has 0 radical (unpaired) electrons. The molecule has 0 spiro atoms. The Bertz CT molecular complexity index is 395. The number of nitrogens with zero attached hydrogens (tertiary/aromatic N) is 2. The monoisotopic (exact) mass is 302 g/mol. The van der Waals surface area contributed by atoms with E-state index in [9.17, 15) is 0 Å². The molecule has 2 nitrogen and oxygen atoms in total. The van der Waals surface area contributed by atoms with E-state index >= 15 is 0 Å². The summed E-state index contributed by atoms with van der Waals surface area (Å²) in [7, 11) is 2.24. The maximum Gasteiger partial charge on any atom is 0.0110 e. The second kappa shape index (κ2) is 9.32. The molecule has 2 heteroatoms. The van der Waals surface area contributed by atoms with E-state index in [-0.39, 0.29) is 0 Å². The van der Waals surface area contributed by atoms with E-state index in [0.29, 0.717) is 0 Å². The van der Waals surface area contributed by atoms with Gasteiger partial charge in [-0.05, 0) is 43.7 Å². The van der Waals surface area contributed by atoms with Gasteiger partial charge in [-0.25, -0.2) is 0 Å². The average Bonchev–Trinajstić information content (AvgIpc) is 2.54. The summed E-state index contributed by atoms with van der Waals surface area (Å²) < 4.78 is 0. The van der Waals surface area contributed by atoms with Crippen molar-refractivity contribution in [3.8, 4) is 0 Å². The van der Waals surface area contributed by atoms with Gasteiger partial charge in [-0.1, -0.05) is 50.6 Å². The highest BCUT2D eigenvalue weighted by molar-refractivity contribution is 5.14. The molecule has 1 aromatic rings. The molecule has 2 rings (SSSR count). The molecule has 124 valence electrons. The highest BCUT2D eigenvalue weighted by Gasteiger charge is 2.20. The first-order chi connectivity index (χ1) is 10.7. The summed E-state index contributed by atoms with van der Waals surface area (Å²) >= 11 is 0. The van der Waals surface area contributed by atoms with E-state index in [2.05, 4.69) is 61.0 Å². The van der Waals surface area contributed by atoms with Crippen LogP contribution in [0.4, 0.5) is 0 Å². The van der Waals surface area contributed by atoms with Crippen LogP contribution in [0.3, 0.4) is 0 Å². The minimum Gasteiger partial charge on any atom is -0.304 e. The van der Waals surface area contributed by atoms with Crippen LogP contribution in [0.5, 0.6) is 0 Å². The fourth-order valence-corrected chi connectivity index (χ4v) is 3.69. The molecule has 1 aliphatic rings. The van der Waals surface area contributed by atoms with Crippen molar-refractivity contribution in [3.05, 3.63) is 35.9 Å². The number of piperazine rings is 1. The Labute approximate surface area is 137 Å². The number of hydrogen-bond donors (Lipinski definition) is 0. The summed E-state index contributed by atoms with van der Waals surface area (Å²) in [6.07, 6.45) is 5.26. The molecular weight excluding hydrogens is 268 g/mol. The molecule has 0 saturated carbocycles. The van der Waals surface area contributed by atoms with Crippen LogP contribution >= 0.6 is 0 Å². The Morgan fingerprint density at radius 1 is 1.05 bits per heavy atom. The topological polar surface area (TPSA) is 6.48 Å². The van der Waals surface area contributed by atoms with Gasteiger partial charge in [-0.3, -0.25) is 0 Å². The van der Waals surface area contributed by atoms with Gasteiger partial charge in [0.05, 0.1) is 0 Å². The number of benzene rings is 1. The molecule has 0 N–H and O–H groups in total. The number of hydrogen-bond acceptors (Lipinski definition) is 2. The van der Waals surface area contributed by atoms with Crippen molar-refractivity contribution in [1.82, 2.24) is 9.80 Å². The van der Waals surface area contributed by atoms with Crippen molar-refractivity contribution < 1.29 is 0 Å². The lowest BCUT2D eigenvalue weighted by Gasteiger charge is -2.35. The minimum atomic E-state index is 0.823. The molecule has 1 saturated heterocycles. The Kier molecular flexibility index (Phi) is 7.41. The summed E-state index contributed by atoms with van der Waals surface area (Å²) in [5, 5.41) is 0. The summed E-state index contributed by atoms with van der Waals surface area (Å²) in [6, 6.07) is 10.9. The predicted octanol–water partition coefficient (Wildman–Crippen LogP) is 3.92. The molecule has 1 aliphatic heterocycles. The van der Waals surface area contributed by atoms with Crippen LogP contribution in [0.15, 0.2) is 30.3 Å². The second-order valence-corrected chi connectivity index (χ2v) is 7.13. The summed E-state index contributed by atoms with van der Waals surface area (Å²) in [5.41, 5.74) is 1.49. The Hall–Kier alpha value is -0.860. The third-order valence-electron chi connectivity index (χ3n) is 5.35. The maximum absolute atomic E-state index is 2.67. The first-order valence-corrected chi connectivity index (χ1v) is 9.14. The Morgan fingerprint density at radius 3 is 2.36 bits per heavy atom. The molecule has 1 fully saturated rings. The van der Waals surface area contributed by atoms with Crippen LogP contribution in [0.25, 0.3) is 0 Å². The van der Waals surface area contributed by atoms with Gasteiger partial charge in [0.25, 0.3) is 0 Å². The van der Waals surface area contributed by atoms with Crippen molar-refractivity contribution in [2.45, 2.75) is 39.5 Å². The molecule has 1 aromatic carbocycles. The molecule has 0 aliphatic carbocycles. The first-order valence-electron chi connectivity index (χ1n) is 9.14. The number of likely N-dealkylation sites (N-methyl/N-ethyl adjacent to an activating group) is 1. The third-order valence-corrected chi connectivity index (χ3v) is 5.35. The molecule has 0 amide bonds. The average molecular weight is 303 g/mol. The van der Waals surface area contributed by atoms with Gasteiger partial charge in [0.15, 0.2) is 0 Å². The quantitative estimate of drug-likeness (QED) is 0.718.